The van der Waals surface area contributed by atoms with Gasteiger partial charge in [0.15, 0.2) is 5.96 Å². The standard InChI is InChI=1S/C20H27F3N4O/c1-6-24-18(27(5)14-17(28)26-19(2,3)4)25-12-8-10-15-9-7-11-16(13-15)20(21,22)23/h7,9,11,13H,6,12,14H2,1-5H3,(H,24,25)(H,26,28). The molecule has 1 rings (SSSR count). The molecule has 0 aliphatic heterocycles. The van der Waals surface area contributed by atoms with E-state index in [1.807, 2.05) is 27.7 Å². The van der Waals surface area contributed by atoms with Crippen molar-refractivity contribution < 1.29 is 18.0 Å². The number of carbonyl (C=O) groups excluding carboxylic acids is 1. The third-order valence-corrected chi connectivity index (χ3v) is 3.32. The van der Waals surface area contributed by atoms with Gasteiger partial charge in [0.2, 0.25) is 5.91 Å². The Labute approximate surface area is 164 Å². The lowest BCUT2D eigenvalue weighted by Crippen LogP contribution is -2.48. The first-order valence-electron chi connectivity index (χ1n) is 8.89. The van der Waals surface area contributed by atoms with Crippen molar-refractivity contribution in [2.24, 2.45) is 4.99 Å². The highest BCUT2D eigenvalue weighted by atomic mass is 19.4. The minimum atomic E-state index is -4.40. The monoisotopic (exact) mass is 396 g/mol. The van der Waals surface area contributed by atoms with Crippen molar-refractivity contribution in [2.75, 3.05) is 26.7 Å². The van der Waals surface area contributed by atoms with E-state index in [-0.39, 0.29) is 30.1 Å². The molecule has 0 aliphatic rings. The first-order valence-corrected chi connectivity index (χ1v) is 8.89. The molecule has 28 heavy (non-hydrogen) atoms. The Balaban J connectivity index is 2.78. The molecule has 0 saturated carbocycles. The van der Waals surface area contributed by atoms with Crippen LogP contribution in [0.4, 0.5) is 13.2 Å². The number of alkyl halides is 3. The van der Waals surface area contributed by atoms with Crippen LogP contribution in [0.2, 0.25) is 0 Å². The molecule has 2 N–H and O–H groups in total. The minimum absolute atomic E-state index is 0.0871. The number of aliphatic imine (C=N–C) groups is 1. The Kier molecular flexibility index (Phi) is 8.35. The third-order valence-electron chi connectivity index (χ3n) is 3.32. The molecule has 8 heteroatoms. The molecule has 0 saturated heterocycles. The highest BCUT2D eigenvalue weighted by molar-refractivity contribution is 5.86. The third kappa shape index (κ3) is 8.80. The van der Waals surface area contributed by atoms with Crippen LogP contribution in [0.5, 0.6) is 0 Å². The summed E-state index contributed by atoms with van der Waals surface area (Å²) in [7, 11) is 1.73. The van der Waals surface area contributed by atoms with Crippen LogP contribution in [0.3, 0.4) is 0 Å². The minimum Gasteiger partial charge on any atom is -0.356 e. The average molecular weight is 396 g/mol. The molecule has 1 amide bonds. The molecule has 0 unspecified atom stereocenters. The first kappa shape index (κ1) is 23.3. The molecule has 0 radical (unpaired) electrons. The van der Waals surface area contributed by atoms with Gasteiger partial charge in [0.05, 0.1) is 12.1 Å². The summed E-state index contributed by atoms with van der Waals surface area (Å²) in [5, 5.41) is 5.93. The number of amides is 1. The number of guanidine groups is 1. The summed E-state index contributed by atoms with van der Waals surface area (Å²) in [4.78, 5) is 18.0. The predicted octanol–water partition coefficient (Wildman–Crippen LogP) is 2.87. The molecule has 154 valence electrons. The molecule has 0 aromatic heterocycles. The summed E-state index contributed by atoms with van der Waals surface area (Å²) in [6, 6.07) is 4.84. The van der Waals surface area contributed by atoms with Crippen molar-refractivity contribution >= 4 is 11.9 Å². The van der Waals surface area contributed by atoms with Gasteiger partial charge in [-0.25, -0.2) is 4.99 Å². The lowest BCUT2D eigenvalue weighted by molar-refractivity contribution is -0.137. The second kappa shape index (κ2) is 10.0. The van der Waals surface area contributed by atoms with Crippen molar-refractivity contribution in [1.82, 2.24) is 15.5 Å². The van der Waals surface area contributed by atoms with Crippen molar-refractivity contribution in [3.8, 4) is 11.8 Å². The molecule has 1 aromatic rings. The number of rotatable bonds is 4. The van der Waals surface area contributed by atoms with E-state index >= 15 is 0 Å². The zero-order valence-electron chi connectivity index (χ0n) is 16.9. The fraction of sp³-hybridized carbons (Fsp3) is 0.500. The zero-order valence-corrected chi connectivity index (χ0v) is 16.9. The van der Waals surface area contributed by atoms with E-state index in [2.05, 4.69) is 27.5 Å². The summed E-state index contributed by atoms with van der Waals surface area (Å²) in [5.41, 5.74) is -0.794. The van der Waals surface area contributed by atoms with Gasteiger partial charge < -0.3 is 15.5 Å². The zero-order chi connectivity index (χ0) is 21.4. The Morgan fingerprint density at radius 1 is 1.25 bits per heavy atom. The van der Waals surface area contributed by atoms with Crippen molar-refractivity contribution in [1.29, 1.82) is 0 Å². The molecule has 0 fully saturated rings. The quantitative estimate of drug-likeness (QED) is 0.468. The van der Waals surface area contributed by atoms with Crippen LogP contribution in [0.25, 0.3) is 0 Å². The SMILES string of the molecule is CCNC(=NCC#Cc1cccc(C(F)(F)F)c1)N(C)CC(=O)NC(C)(C)C. The number of hydrogen-bond acceptors (Lipinski definition) is 2. The Hall–Kier alpha value is -2.69. The van der Waals surface area contributed by atoms with Crippen molar-refractivity contribution in [2.45, 2.75) is 39.4 Å². The van der Waals surface area contributed by atoms with Crippen LogP contribution >= 0.6 is 0 Å². The van der Waals surface area contributed by atoms with Gasteiger partial charge in [-0.1, -0.05) is 17.9 Å². The maximum atomic E-state index is 12.7. The average Bonchev–Trinajstić information content (AvgIpc) is 2.55. The van der Waals surface area contributed by atoms with E-state index in [1.54, 1.807) is 11.9 Å². The molecule has 0 bridgehead atoms. The Morgan fingerprint density at radius 3 is 2.50 bits per heavy atom. The normalized spacial score (nSPS) is 12.1. The number of nitrogens with one attached hydrogen (secondary N) is 2. The topological polar surface area (TPSA) is 56.7 Å². The fourth-order valence-electron chi connectivity index (χ4n) is 2.25. The summed E-state index contributed by atoms with van der Waals surface area (Å²) in [6.07, 6.45) is -4.40. The first-order chi connectivity index (χ1) is 12.9. The predicted molar refractivity (Wildman–Crippen MR) is 105 cm³/mol. The van der Waals surface area contributed by atoms with Crippen molar-refractivity contribution in [3.63, 3.8) is 0 Å². The smallest absolute Gasteiger partial charge is 0.356 e. The van der Waals surface area contributed by atoms with E-state index in [9.17, 15) is 18.0 Å². The molecule has 0 atom stereocenters. The van der Waals surface area contributed by atoms with E-state index in [1.165, 1.54) is 12.1 Å². The number of carbonyl (C=O) groups is 1. The maximum Gasteiger partial charge on any atom is 0.416 e. The second-order valence-corrected chi connectivity index (χ2v) is 7.20. The van der Waals surface area contributed by atoms with Gasteiger partial charge in [-0.2, -0.15) is 13.2 Å². The lowest BCUT2D eigenvalue weighted by Gasteiger charge is -2.25. The van der Waals surface area contributed by atoms with Gasteiger partial charge in [0.1, 0.15) is 6.54 Å². The van der Waals surface area contributed by atoms with E-state index < -0.39 is 11.7 Å². The number of likely N-dealkylation sites (N-methyl/N-ethyl adjacent to an activating group) is 1. The summed E-state index contributed by atoms with van der Waals surface area (Å²) in [5.74, 6) is 5.77. The molecular weight excluding hydrogens is 369 g/mol. The van der Waals surface area contributed by atoms with Crippen molar-refractivity contribution in [3.05, 3.63) is 35.4 Å². The molecule has 0 spiro atoms. The molecule has 5 nitrogen and oxygen atoms in total. The highest BCUT2D eigenvalue weighted by Crippen LogP contribution is 2.29. The lowest BCUT2D eigenvalue weighted by atomic mass is 10.1. The van der Waals surface area contributed by atoms with Gasteiger partial charge in [-0.15, -0.1) is 0 Å². The molecular formula is C20H27F3N4O. The van der Waals surface area contributed by atoms with Gasteiger partial charge in [0.25, 0.3) is 0 Å². The largest absolute Gasteiger partial charge is 0.416 e. The summed E-state index contributed by atoms with van der Waals surface area (Å²) in [6.45, 7) is 8.39. The van der Waals surface area contributed by atoms with Crippen LogP contribution in [0.1, 0.15) is 38.8 Å². The van der Waals surface area contributed by atoms with E-state index in [0.29, 0.717) is 12.5 Å². The number of hydrogen-bond donors (Lipinski definition) is 2. The summed E-state index contributed by atoms with van der Waals surface area (Å²) >= 11 is 0. The van der Waals surface area contributed by atoms with Gasteiger partial charge in [-0.05, 0) is 45.9 Å². The fourth-order valence-corrected chi connectivity index (χ4v) is 2.25. The number of benzene rings is 1. The van der Waals surface area contributed by atoms with Gasteiger partial charge in [-0.3, -0.25) is 4.79 Å². The van der Waals surface area contributed by atoms with Gasteiger partial charge in [0, 0.05) is 24.7 Å². The Bertz CT molecular complexity index is 755. The highest BCUT2D eigenvalue weighted by Gasteiger charge is 2.30. The molecule has 1 aromatic carbocycles. The van der Waals surface area contributed by atoms with E-state index in [0.717, 1.165) is 12.1 Å². The van der Waals surface area contributed by atoms with Crippen LogP contribution in [0, 0.1) is 11.8 Å². The van der Waals surface area contributed by atoms with Crippen LogP contribution in [-0.4, -0.2) is 49.0 Å². The maximum absolute atomic E-state index is 12.7. The molecule has 0 heterocycles. The van der Waals surface area contributed by atoms with Crippen LogP contribution < -0.4 is 10.6 Å². The summed E-state index contributed by atoms with van der Waals surface area (Å²) < 4.78 is 38.2. The Morgan fingerprint density at radius 2 is 1.93 bits per heavy atom. The van der Waals surface area contributed by atoms with E-state index in [4.69, 9.17) is 0 Å². The van der Waals surface area contributed by atoms with Crippen LogP contribution in [0.15, 0.2) is 29.3 Å². The number of halogens is 3. The second-order valence-electron chi connectivity index (χ2n) is 7.20. The molecule has 0 aliphatic carbocycles. The van der Waals surface area contributed by atoms with Crippen LogP contribution in [-0.2, 0) is 11.0 Å². The van der Waals surface area contributed by atoms with Gasteiger partial charge >= 0.3 is 6.18 Å². The number of nitrogens with zero attached hydrogens (tertiary/aromatic N) is 2.